The second-order valence-corrected chi connectivity index (χ2v) is 5.43. The maximum absolute atomic E-state index is 5.80. The highest BCUT2D eigenvalue weighted by atomic mass is 16.5. The number of rotatable bonds is 9. The van der Waals surface area contributed by atoms with Crippen molar-refractivity contribution in [1.29, 1.82) is 0 Å². The van der Waals surface area contributed by atoms with Crippen LogP contribution in [-0.2, 0) is 4.74 Å². The van der Waals surface area contributed by atoms with Gasteiger partial charge in [0.05, 0.1) is 13.2 Å². The Morgan fingerprint density at radius 3 is 2.55 bits per heavy atom. The van der Waals surface area contributed by atoms with Crippen LogP contribution in [0.25, 0.3) is 0 Å². The fourth-order valence-electron chi connectivity index (χ4n) is 1.99. The van der Waals surface area contributed by atoms with E-state index in [1.54, 1.807) is 0 Å². The van der Waals surface area contributed by atoms with Crippen LogP contribution in [-0.4, -0.2) is 32.4 Å². The maximum Gasteiger partial charge on any atom is 0.122 e. The number of hydrogen-bond acceptors (Lipinski definition) is 3. The smallest absolute Gasteiger partial charge is 0.122 e. The minimum Gasteiger partial charge on any atom is -0.491 e. The second kappa shape index (κ2) is 8.98. The van der Waals surface area contributed by atoms with E-state index in [-0.39, 0.29) is 0 Å². The molecule has 0 saturated carbocycles. The maximum atomic E-state index is 5.80. The van der Waals surface area contributed by atoms with E-state index >= 15 is 0 Å². The van der Waals surface area contributed by atoms with Gasteiger partial charge in [-0.15, -0.1) is 0 Å². The van der Waals surface area contributed by atoms with Gasteiger partial charge in [0, 0.05) is 12.6 Å². The van der Waals surface area contributed by atoms with Crippen molar-refractivity contribution in [3.05, 3.63) is 28.8 Å². The van der Waals surface area contributed by atoms with E-state index in [4.69, 9.17) is 9.47 Å². The number of hydrogen-bond donors (Lipinski definition) is 1. The minimum absolute atomic E-state index is 0.563. The molecule has 0 aliphatic carbocycles. The van der Waals surface area contributed by atoms with Crippen LogP contribution in [0.4, 0.5) is 0 Å². The zero-order chi connectivity index (χ0) is 15.0. The molecule has 1 atom stereocenters. The molecule has 20 heavy (non-hydrogen) atoms. The van der Waals surface area contributed by atoms with Crippen molar-refractivity contribution in [2.75, 3.05) is 26.4 Å². The topological polar surface area (TPSA) is 30.5 Å². The van der Waals surface area contributed by atoms with E-state index in [1.807, 2.05) is 0 Å². The lowest BCUT2D eigenvalue weighted by Gasteiger charge is -2.13. The molecule has 1 aromatic carbocycles. The fraction of sp³-hybridized carbons (Fsp3) is 0.647. The first kappa shape index (κ1) is 17.0. The molecule has 0 bridgehead atoms. The Kier molecular flexibility index (Phi) is 7.63. The first-order valence-electron chi connectivity index (χ1n) is 7.56. The average Bonchev–Trinajstić information content (AvgIpc) is 2.42. The first-order valence-corrected chi connectivity index (χ1v) is 7.56. The number of aryl methyl sites for hydroxylation is 2. The van der Waals surface area contributed by atoms with E-state index in [2.05, 4.69) is 52.1 Å². The summed E-state index contributed by atoms with van der Waals surface area (Å²) in [4.78, 5) is 0. The highest BCUT2D eigenvalue weighted by Crippen LogP contribution is 2.23. The predicted molar refractivity (Wildman–Crippen MR) is 84.7 cm³/mol. The summed E-state index contributed by atoms with van der Waals surface area (Å²) in [5.74, 6) is 0.976. The van der Waals surface area contributed by atoms with Crippen LogP contribution in [0.15, 0.2) is 12.1 Å². The van der Waals surface area contributed by atoms with Crippen LogP contribution in [0.2, 0.25) is 0 Å². The van der Waals surface area contributed by atoms with Crippen LogP contribution < -0.4 is 10.1 Å². The molecule has 114 valence electrons. The van der Waals surface area contributed by atoms with Crippen molar-refractivity contribution < 1.29 is 9.47 Å². The fourth-order valence-corrected chi connectivity index (χ4v) is 1.99. The highest BCUT2D eigenvalue weighted by molar-refractivity contribution is 5.41. The third-order valence-electron chi connectivity index (χ3n) is 3.60. The van der Waals surface area contributed by atoms with E-state index in [0.717, 1.165) is 25.3 Å². The lowest BCUT2D eigenvalue weighted by Crippen LogP contribution is -2.29. The molecule has 0 fully saturated rings. The van der Waals surface area contributed by atoms with Crippen LogP contribution >= 0.6 is 0 Å². The van der Waals surface area contributed by atoms with Gasteiger partial charge in [-0.1, -0.05) is 13.0 Å². The van der Waals surface area contributed by atoms with Crippen LogP contribution in [0, 0.1) is 20.8 Å². The van der Waals surface area contributed by atoms with Crippen molar-refractivity contribution in [2.24, 2.45) is 0 Å². The van der Waals surface area contributed by atoms with E-state index in [1.165, 1.54) is 16.7 Å². The quantitative estimate of drug-likeness (QED) is 0.703. The predicted octanol–water partition coefficient (Wildman–Crippen LogP) is 3.40. The minimum atomic E-state index is 0.563. The molecule has 0 aromatic heterocycles. The SMILES string of the molecule is CCC(C)NCCOCCOc1cc(C)cc(C)c1C. The van der Waals surface area contributed by atoms with Gasteiger partial charge in [-0.25, -0.2) is 0 Å². The Balaban J connectivity index is 2.19. The van der Waals surface area contributed by atoms with Gasteiger partial charge in [-0.3, -0.25) is 0 Å². The van der Waals surface area contributed by atoms with Gasteiger partial charge in [-0.05, 0) is 56.9 Å². The lowest BCUT2D eigenvalue weighted by atomic mass is 10.1. The van der Waals surface area contributed by atoms with Gasteiger partial charge in [0.15, 0.2) is 0 Å². The molecule has 0 amide bonds. The second-order valence-electron chi connectivity index (χ2n) is 5.43. The Bertz CT molecular complexity index is 404. The normalized spacial score (nSPS) is 12.4. The molecule has 1 unspecified atom stereocenters. The molecule has 0 heterocycles. The van der Waals surface area contributed by atoms with E-state index < -0.39 is 0 Å². The van der Waals surface area contributed by atoms with Crippen LogP contribution in [0.3, 0.4) is 0 Å². The summed E-state index contributed by atoms with van der Waals surface area (Å²) >= 11 is 0. The monoisotopic (exact) mass is 279 g/mol. The van der Waals surface area contributed by atoms with E-state index in [9.17, 15) is 0 Å². The zero-order valence-corrected chi connectivity index (χ0v) is 13.6. The Labute approximate surface area is 123 Å². The number of ether oxygens (including phenoxy) is 2. The lowest BCUT2D eigenvalue weighted by molar-refractivity contribution is 0.100. The summed E-state index contributed by atoms with van der Waals surface area (Å²) < 4.78 is 11.4. The van der Waals surface area contributed by atoms with Crippen LogP contribution in [0.1, 0.15) is 37.0 Å². The van der Waals surface area contributed by atoms with E-state index in [0.29, 0.717) is 19.3 Å². The summed E-state index contributed by atoms with van der Waals surface area (Å²) in [6.07, 6.45) is 1.15. The summed E-state index contributed by atoms with van der Waals surface area (Å²) in [6.45, 7) is 13.5. The molecule has 0 spiro atoms. The molecule has 1 aromatic rings. The van der Waals surface area contributed by atoms with Crippen molar-refractivity contribution in [2.45, 2.75) is 47.1 Å². The third kappa shape index (κ3) is 5.93. The summed E-state index contributed by atoms with van der Waals surface area (Å²) in [5.41, 5.74) is 3.73. The zero-order valence-electron chi connectivity index (χ0n) is 13.6. The molecule has 1 rings (SSSR count). The molecule has 0 aliphatic heterocycles. The molecular weight excluding hydrogens is 250 g/mol. The third-order valence-corrected chi connectivity index (χ3v) is 3.60. The Morgan fingerprint density at radius 2 is 1.85 bits per heavy atom. The summed E-state index contributed by atoms with van der Waals surface area (Å²) in [7, 11) is 0. The van der Waals surface area contributed by atoms with Crippen molar-refractivity contribution >= 4 is 0 Å². The van der Waals surface area contributed by atoms with Crippen LogP contribution in [0.5, 0.6) is 5.75 Å². The van der Waals surface area contributed by atoms with Crippen molar-refractivity contribution in [3.8, 4) is 5.75 Å². The largest absolute Gasteiger partial charge is 0.491 e. The van der Waals surface area contributed by atoms with Gasteiger partial charge in [0.25, 0.3) is 0 Å². The van der Waals surface area contributed by atoms with Gasteiger partial charge in [-0.2, -0.15) is 0 Å². The Morgan fingerprint density at radius 1 is 1.10 bits per heavy atom. The molecular formula is C17H29NO2. The van der Waals surface area contributed by atoms with Gasteiger partial charge in [0.2, 0.25) is 0 Å². The summed E-state index contributed by atoms with van der Waals surface area (Å²) in [5, 5.41) is 3.40. The number of benzene rings is 1. The van der Waals surface area contributed by atoms with Crippen molar-refractivity contribution in [3.63, 3.8) is 0 Å². The number of nitrogens with one attached hydrogen (secondary N) is 1. The molecule has 0 aliphatic rings. The average molecular weight is 279 g/mol. The first-order chi connectivity index (χ1) is 9.54. The summed E-state index contributed by atoms with van der Waals surface area (Å²) in [6, 6.07) is 4.83. The molecule has 3 nitrogen and oxygen atoms in total. The molecule has 3 heteroatoms. The van der Waals surface area contributed by atoms with Gasteiger partial charge in [0.1, 0.15) is 12.4 Å². The molecule has 0 radical (unpaired) electrons. The Hall–Kier alpha value is -1.06. The molecule has 1 N–H and O–H groups in total. The van der Waals surface area contributed by atoms with Crippen molar-refractivity contribution in [1.82, 2.24) is 5.32 Å². The standard InChI is InChI=1S/C17H29NO2/c1-6-15(4)18-7-8-19-9-10-20-17-12-13(2)11-14(3)16(17)5/h11-12,15,18H,6-10H2,1-5H3. The van der Waals surface area contributed by atoms with Gasteiger partial charge < -0.3 is 14.8 Å². The van der Waals surface area contributed by atoms with Gasteiger partial charge >= 0.3 is 0 Å². The highest BCUT2D eigenvalue weighted by Gasteiger charge is 2.03. The molecule has 0 saturated heterocycles.